The molecule has 0 amide bonds. The molecule has 0 bridgehead atoms. The number of aromatic nitrogens is 2. The lowest BCUT2D eigenvalue weighted by atomic mass is 10.0. The molecule has 106 valence electrons. The van der Waals surface area contributed by atoms with E-state index in [0.717, 1.165) is 5.56 Å². The molecular weight excluding hydrogens is 289 g/mol. The van der Waals surface area contributed by atoms with Crippen LogP contribution in [0.5, 0.6) is 0 Å². The number of thiophene rings is 1. The Morgan fingerprint density at radius 2 is 2.19 bits per heavy atom. The number of benzene rings is 1. The summed E-state index contributed by atoms with van der Waals surface area (Å²) in [5, 5.41) is 1.73. The van der Waals surface area contributed by atoms with Crippen molar-refractivity contribution in [3.8, 4) is 0 Å². The van der Waals surface area contributed by atoms with Crippen LogP contribution in [0.2, 0.25) is 0 Å². The molecule has 0 aliphatic heterocycles. The fraction of sp³-hybridized carbons (Fsp3) is 0.133. The zero-order valence-electron chi connectivity index (χ0n) is 11.3. The van der Waals surface area contributed by atoms with E-state index in [1.807, 2.05) is 6.92 Å². The number of nitrogens with two attached hydrogens (primary N) is 1. The SMILES string of the molecule is Cc1ccc(F)cc1CC(=O)c1csc2c(N)ncnc12. The zero-order valence-corrected chi connectivity index (χ0v) is 12.1. The number of fused-ring (bicyclic) bond motifs is 1. The molecule has 2 heterocycles. The molecule has 0 atom stereocenters. The average Bonchev–Trinajstić information content (AvgIpc) is 2.88. The molecule has 0 spiro atoms. The summed E-state index contributed by atoms with van der Waals surface area (Å²) in [4.78, 5) is 20.5. The van der Waals surface area contributed by atoms with Crippen molar-refractivity contribution >= 4 is 33.2 Å². The van der Waals surface area contributed by atoms with Crippen molar-refractivity contribution in [3.05, 3.63) is 52.4 Å². The highest BCUT2D eigenvalue weighted by atomic mass is 32.1. The minimum atomic E-state index is -0.342. The molecule has 2 N–H and O–H groups in total. The van der Waals surface area contributed by atoms with Gasteiger partial charge < -0.3 is 5.73 Å². The molecule has 2 aromatic heterocycles. The van der Waals surface area contributed by atoms with Gasteiger partial charge in [0.2, 0.25) is 0 Å². The van der Waals surface area contributed by atoms with Gasteiger partial charge in [0.1, 0.15) is 18.0 Å². The maximum absolute atomic E-state index is 13.3. The largest absolute Gasteiger partial charge is 0.382 e. The van der Waals surface area contributed by atoms with E-state index in [2.05, 4.69) is 9.97 Å². The van der Waals surface area contributed by atoms with E-state index in [0.29, 0.717) is 27.2 Å². The number of carbonyl (C=O) groups is 1. The van der Waals surface area contributed by atoms with Crippen molar-refractivity contribution in [3.63, 3.8) is 0 Å². The summed E-state index contributed by atoms with van der Waals surface area (Å²) in [6, 6.07) is 4.45. The monoisotopic (exact) mass is 301 g/mol. The number of rotatable bonds is 3. The molecule has 0 fully saturated rings. The predicted octanol–water partition coefficient (Wildman–Crippen LogP) is 3.15. The second-order valence-corrected chi connectivity index (χ2v) is 5.64. The van der Waals surface area contributed by atoms with Crippen molar-refractivity contribution in [1.29, 1.82) is 0 Å². The summed E-state index contributed by atoms with van der Waals surface area (Å²) in [5.41, 5.74) is 8.40. The van der Waals surface area contributed by atoms with Crippen LogP contribution >= 0.6 is 11.3 Å². The second-order valence-electron chi connectivity index (χ2n) is 4.76. The molecule has 0 radical (unpaired) electrons. The molecule has 0 unspecified atom stereocenters. The Morgan fingerprint density at radius 3 is 3.00 bits per heavy atom. The lowest BCUT2D eigenvalue weighted by Gasteiger charge is -2.05. The van der Waals surface area contributed by atoms with Crippen LogP contribution in [-0.4, -0.2) is 15.8 Å². The van der Waals surface area contributed by atoms with Gasteiger partial charge in [-0.2, -0.15) is 0 Å². The number of hydrogen-bond donors (Lipinski definition) is 1. The molecule has 0 saturated heterocycles. The van der Waals surface area contributed by atoms with E-state index in [1.165, 1.54) is 29.8 Å². The van der Waals surface area contributed by atoms with Crippen LogP contribution in [0.3, 0.4) is 0 Å². The zero-order chi connectivity index (χ0) is 15.0. The van der Waals surface area contributed by atoms with Crippen molar-refractivity contribution in [2.45, 2.75) is 13.3 Å². The number of Topliss-reactive ketones (excluding diaryl/α,β-unsaturated/α-hetero) is 1. The van der Waals surface area contributed by atoms with E-state index in [4.69, 9.17) is 5.73 Å². The fourth-order valence-electron chi connectivity index (χ4n) is 2.17. The Bertz CT molecular complexity index is 844. The van der Waals surface area contributed by atoms with E-state index in [-0.39, 0.29) is 18.0 Å². The van der Waals surface area contributed by atoms with Gasteiger partial charge >= 0.3 is 0 Å². The third-order valence-corrected chi connectivity index (χ3v) is 4.34. The molecular formula is C15H12FN3OS. The topological polar surface area (TPSA) is 68.9 Å². The van der Waals surface area contributed by atoms with Gasteiger partial charge in [0, 0.05) is 11.8 Å². The van der Waals surface area contributed by atoms with Crippen molar-refractivity contribution in [2.75, 3.05) is 5.73 Å². The molecule has 4 nitrogen and oxygen atoms in total. The van der Waals surface area contributed by atoms with Crippen LogP contribution in [0.1, 0.15) is 21.5 Å². The van der Waals surface area contributed by atoms with Gasteiger partial charge in [-0.3, -0.25) is 4.79 Å². The number of anilines is 1. The summed E-state index contributed by atoms with van der Waals surface area (Å²) in [5.74, 6) is -0.0795. The minimum absolute atomic E-state index is 0.104. The van der Waals surface area contributed by atoms with Crippen molar-refractivity contribution < 1.29 is 9.18 Å². The van der Waals surface area contributed by atoms with Gasteiger partial charge in [0.05, 0.1) is 15.8 Å². The summed E-state index contributed by atoms with van der Waals surface area (Å²) < 4.78 is 14.0. The van der Waals surface area contributed by atoms with E-state index in [9.17, 15) is 9.18 Å². The van der Waals surface area contributed by atoms with Gasteiger partial charge in [-0.25, -0.2) is 14.4 Å². The van der Waals surface area contributed by atoms with Crippen LogP contribution in [0.4, 0.5) is 10.2 Å². The van der Waals surface area contributed by atoms with E-state index >= 15 is 0 Å². The Labute approximate surface area is 124 Å². The predicted molar refractivity (Wildman–Crippen MR) is 81.0 cm³/mol. The molecule has 3 rings (SSSR count). The molecule has 0 saturated carbocycles. The van der Waals surface area contributed by atoms with Crippen LogP contribution in [0.15, 0.2) is 29.9 Å². The van der Waals surface area contributed by atoms with Crippen LogP contribution in [0, 0.1) is 12.7 Å². The Morgan fingerprint density at radius 1 is 1.38 bits per heavy atom. The number of carbonyl (C=O) groups excluding carboxylic acids is 1. The van der Waals surface area contributed by atoms with Gasteiger partial charge in [0.15, 0.2) is 5.78 Å². The van der Waals surface area contributed by atoms with E-state index in [1.54, 1.807) is 11.4 Å². The van der Waals surface area contributed by atoms with Gasteiger partial charge in [0.25, 0.3) is 0 Å². The smallest absolute Gasteiger partial charge is 0.170 e. The quantitative estimate of drug-likeness (QED) is 0.755. The average molecular weight is 301 g/mol. The van der Waals surface area contributed by atoms with Gasteiger partial charge in [-0.1, -0.05) is 6.07 Å². The first-order chi connectivity index (χ1) is 10.1. The van der Waals surface area contributed by atoms with Gasteiger partial charge in [-0.15, -0.1) is 11.3 Å². The molecule has 1 aromatic carbocycles. The Hall–Kier alpha value is -2.34. The third-order valence-electron chi connectivity index (χ3n) is 3.34. The highest BCUT2D eigenvalue weighted by molar-refractivity contribution is 7.18. The molecule has 21 heavy (non-hydrogen) atoms. The first-order valence-electron chi connectivity index (χ1n) is 6.32. The number of nitrogen functional groups attached to an aromatic ring is 1. The van der Waals surface area contributed by atoms with Crippen molar-refractivity contribution in [1.82, 2.24) is 9.97 Å². The van der Waals surface area contributed by atoms with Crippen LogP contribution in [-0.2, 0) is 6.42 Å². The maximum Gasteiger partial charge on any atom is 0.170 e. The maximum atomic E-state index is 13.3. The highest BCUT2D eigenvalue weighted by Crippen LogP contribution is 2.28. The third kappa shape index (κ3) is 2.50. The molecule has 6 heteroatoms. The summed E-state index contributed by atoms with van der Waals surface area (Å²) in [6.45, 7) is 1.86. The van der Waals surface area contributed by atoms with E-state index < -0.39 is 0 Å². The summed E-state index contributed by atoms with van der Waals surface area (Å²) >= 11 is 1.34. The number of hydrogen-bond acceptors (Lipinski definition) is 5. The fourth-order valence-corrected chi connectivity index (χ4v) is 3.09. The molecule has 3 aromatic rings. The molecule has 0 aliphatic carbocycles. The lowest BCUT2D eigenvalue weighted by Crippen LogP contribution is -2.05. The van der Waals surface area contributed by atoms with Crippen LogP contribution < -0.4 is 5.73 Å². The lowest BCUT2D eigenvalue weighted by molar-refractivity contribution is 0.0994. The number of nitrogens with zero attached hydrogens (tertiary/aromatic N) is 2. The summed E-state index contributed by atoms with van der Waals surface area (Å²) in [6.07, 6.45) is 1.48. The van der Waals surface area contributed by atoms with Crippen LogP contribution in [0.25, 0.3) is 10.2 Å². The highest BCUT2D eigenvalue weighted by Gasteiger charge is 2.16. The van der Waals surface area contributed by atoms with Crippen molar-refractivity contribution in [2.24, 2.45) is 0 Å². The first-order valence-corrected chi connectivity index (χ1v) is 7.20. The molecule has 0 aliphatic rings. The standard InChI is InChI=1S/C15H12FN3OS/c1-8-2-3-10(16)4-9(8)5-12(20)11-6-21-14-13(11)18-7-19-15(14)17/h2-4,6-7H,5H2,1H3,(H2,17,18,19). The second kappa shape index (κ2) is 5.21. The first kappa shape index (κ1) is 13.6. The normalized spacial score (nSPS) is 11.0. The number of halogens is 1. The Kier molecular flexibility index (Phi) is 3.39. The Balaban J connectivity index is 1.98. The number of ketones is 1. The number of aryl methyl sites for hydroxylation is 1. The minimum Gasteiger partial charge on any atom is -0.382 e. The van der Waals surface area contributed by atoms with Gasteiger partial charge in [-0.05, 0) is 30.2 Å². The summed E-state index contributed by atoms with van der Waals surface area (Å²) in [7, 11) is 0.